The van der Waals surface area contributed by atoms with Crippen LogP contribution in [-0.2, 0) is 9.84 Å². The van der Waals surface area contributed by atoms with Gasteiger partial charge >= 0.3 is 0 Å². The van der Waals surface area contributed by atoms with Gasteiger partial charge in [-0.15, -0.1) is 5.10 Å². The summed E-state index contributed by atoms with van der Waals surface area (Å²) in [4.78, 5) is 0. The Labute approximate surface area is 96.1 Å². The van der Waals surface area contributed by atoms with E-state index in [1.165, 1.54) is 6.20 Å². The number of sulfone groups is 1. The second kappa shape index (κ2) is 6.00. The van der Waals surface area contributed by atoms with E-state index in [2.05, 4.69) is 9.59 Å². The molecule has 0 N–H and O–H groups in total. The van der Waals surface area contributed by atoms with E-state index in [0.29, 0.717) is 12.8 Å². The minimum atomic E-state index is -3.33. The standard InChI is InChI=1S/C8H10F2N2O2S2/c9-7(10)4-2-1-3-5-16(13,14)8-6-11-12-15-8/h4,6H,1-3,5H2. The molecule has 1 aromatic heterocycles. The molecule has 1 rings (SSSR count). The maximum absolute atomic E-state index is 11.6. The summed E-state index contributed by atoms with van der Waals surface area (Å²) in [6.45, 7) is 0. The molecule has 8 heteroatoms. The molecule has 0 aromatic carbocycles. The zero-order chi connectivity index (χ0) is 12.0. The summed E-state index contributed by atoms with van der Waals surface area (Å²) in [6.07, 6.45) is 1.22. The average Bonchev–Trinajstić information content (AvgIpc) is 2.69. The number of halogens is 2. The summed E-state index contributed by atoms with van der Waals surface area (Å²) in [5.41, 5.74) is 0. The Hall–Kier alpha value is -0.890. The Balaban J connectivity index is 2.36. The number of unbranched alkanes of at least 4 members (excludes halogenated alkanes) is 2. The Morgan fingerprint density at radius 1 is 1.44 bits per heavy atom. The summed E-state index contributed by atoms with van der Waals surface area (Å²) in [5.74, 6) is -0.0569. The Morgan fingerprint density at radius 2 is 2.19 bits per heavy atom. The van der Waals surface area contributed by atoms with E-state index in [1.807, 2.05) is 0 Å². The molecular weight excluding hydrogens is 258 g/mol. The van der Waals surface area contributed by atoms with Crippen LogP contribution in [0.1, 0.15) is 19.3 Å². The van der Waals surface area contributed by atoms with Gasteiger partial charge in [-0.25, -0.2) is 8.42 Å². The zero-order valence-corrected chi connectivity index (χ0v) is 9.90. The lowest BCUT2D eigenvalue weighted by Crippen LogP contribution is -2.04. The van der Waals surface area contributed by atoms with Crippen LogP contribution in [0.3, 0.4) is 0 Å². The first-order valence-corrected chi connectivity index (χ1v) is 6.96. The monoisotopic (exact) mass is 268 g/mol. The quantitative estimate of drug-likeness (QED) is 0.742. The van der Waals surface area contributed by atoms with E-state index in [0.717, 1.165) is 17.6 Å². The summed E-state index contributed by atoms with van der Waals surface area (Å²) in [6, 6.07) is 0. The Morgan fingerprint density at radius 3 is 2.75 bits per heavy atom. The fraction of sp³-hybridized carbons (Fsp3) is 0.500. The van der Waals surface area contributed by atoms with Crippen LogP contribution in [0, 0.1) is 0 Å². The fourth-order valence-electron chi connectivity index (χ4n) is 1.04. The molecule has 0 spiro atoms. The molecule has 0 aliphatic heterocycles. The molecule has 0 fully saturated rings. The molecule has 1 heterocycles. The number of aromatic nitrogens is 2. The van der Waals surface area contributed by atoms with Crippen molar-refractivity contribution in [3.8, 4) is 0 Å². The van der Waals surface area contributed by atoms with Gasteiger partial charge in [-0.2, -0.15) is 8.78 Å². The Bertz CT molecular complexity index is 439. The van der Waals surface area contributed by atoms with Crippen molar-refractivity contribution in [3.05, 3.63) is 18.4 Å². The molecule has 16 heavy (non-hydrogen) atoms. The molecular formula is C8H10F2N2O2S2. The van der Waals surface area contributed by atoms with Crippen LogP contribution in [-0.4, -0.2) is 23.8 Å². The van der Waals surface area contributed by atoms with Gasteiger partial charge in [-0.1, -0.05) is 4.49 Å². The van der Waals surface area contributed by atoms with Crippen molar-refractivity contribution in [2.45, 2.75) is 23.5 Å². The van der Waals surface area contributed by atoms with Gasteiger partial charge in [-0.3, -0.25) is 0 Å². The molecule has 0 aliphatic rings. The summed E-state index contributed by atoms with van der Waals surface area (Å²) in [7, 11) is -3.33. The molecule has 1 aromatic rings. The Kier molecular flexibility index (Phi) is 4.94. The van der Waals surface area contributed by atoms with Gasteiger partial charge in [-0.05, 0) is 25.3 Å². The predicted molar refractivity (Wildman–Crippen MR) is 56.1 cm³/mol. The molecule has 90 valence electrons. The van der Waals surface area contributed by atoms with Crippen LogP contribution in [0.15, 0.2) is 22.6 Å². The lowest BCUT2D eigenvalue weighted by atomic mass is 10.2. The van der Waals surface area contributed by atoms with Crippen molar-refractivity contribution in [2.24, 2.45) is 0 Å². The normalized spacial score (nSPS) is 11.4. The van der Waals surface area contributed by atoms with Crippen molar-refractivity contribution >= 4 is 21.4 Å². The van der Waals surface area contributed by atoms with Gasteiger partial charge < -0.3 is 0 Å². The van der Waals surface area contributed by atoms with Gasteiger partial charge in [0.25, 0.3) is 6.08 Å². The van der Waals surface area contributed by atoms with E-state index in [4.69, 9.17) is 0 Å². The third-order valence-corrected chi connectivity index (χ3v) is 4.80. The van der Waals surface area contributed by atoms with Gasteiger partial charge in [0.2, 0.25) is 0 Å². The number of hydrogen-bond donors (Lipinski definition) is 0. The smallest absolute Gasteiger partial charge is 0.223 e. The molecule has 0 bridgehead atoms. The lowest BCUT2D eigenvalue weighted by Gasteiger charge is -1.98. The van der Waals surface area contributed by atoms with Crippen LogP contribution in [0.2, 0.25) is 0 Å². The predicted octanol–water partition coefficient (Wildman–Crippen LogP) is 2.26. The van der Waals surface area contributed by atoms with Gasteiger partial charge in [0.1, 0.15) is 0 Å². The third kappa shape index (κ3) is 4.31. The van der Waals surface area contributed by atoms with Crippen LogP contribution < -0.4 is 0 Å². The van der Waals surface area contributed by atoms with E-state index in [1.54, 1.807) is 0 Å². The highest BCUT2D eigenvalue weighted by Crippen LogP contribution is 2.15. The number of hydrogen-bond acceptors (Lipinski definition) is 5. The van der Waals surface area contributed by atoms with Crippen molar-refractivity contribution in [1.29, 1.82) is 0 Å². The van der Waals surface area contributed by atoms with Crippen molar-refractivity contribution in [2.75, 3.05) is 5.75 Å². The number of allylic oxidation sites excluding steroid dienone is 1. The van der Waals surface area contributed by atoms with Gasteiger partial charge in [0.15, 0.2) is 14.0 Å². The first-order chi connectivity index (χ1) is 7.52. The summed E-state index contributed by atoms with van der Waals surface area (Å²) in [5, 5.41) is 3.44. The van der Waals surface area contributed by atoms with E-state index in [-0.39, 0.29) is 16.4 Å². The van der Waals surface area contributed by atoms with Crippen LogP contribution in [0.4, 0.5) is 8.78 Å². The molecule has 0 unspecified atom stereocenters. The first-order valence-electron chi connectivity index (χ1n) is 4.53. The second-order valence-corrected chi connectivity index (χ2v) is 6.17. The van der Waals surface area contributed by atoms with Crippen LogP contribution >= 0.6 is 11.5 Å². The highest BCUT2D eigenvalue weighted by Gasteiger charge is 2.16. The summed E-state index contributed by atoms with van der Waals surface area (Å²) >= 11 is 0.818. The highest BCUT2D eigenvalue weighted by molar-refractivity contribution is 7.93. The van der Waals surface area contributed by atoms with Crippen molar-refractivity contribution < 1.29 is 17.2 Å². The molecule has 0 aliphatic carbocycles. The van der Waals surface area contributed by atoms with Crippen molar-refractivity contribution in [1.82, 2.24) is 9.59 Å². The zero-order valence-electron chi connectivity index (χ0n) is 8.27. The van der Waals surface area contributed by atoms with E-state index < -0.39 is 15.9 Å². The fourth-order valence-corrected chi connectivity index (χ4v) is 3.11. The largest absolute Gasteiger partial charge is 0.266 e. The molecule has 0 radical (unpaired) electrons. The first kappa shape index (κ1) is 13.2. The molecule has 0 saturated heterocycles. The van der Waals surface area contributed by atoms with Crippen LogP contribution in [0.5, 0.6) is 0 Å². The number of nitrogens with zero attached hydrogens (tertiary/aromatic N) is 2. The van der Waals surface area contributed by atoms with E-state index >= 15 is 0 Å². The average molecular weight is 268 g/mol. The van der Waals surface area contributed by atoms with Crippen molar-refractivity contribution in [3.63, 3.8) is 0 Å². The second-order valence-electron chi connectivity index (χ2n) is 3.04. The van der Waals surface area contributed by atoms with E-state index in [9.17, 15) is 17.2 Å². The molecule has 0 atom stereocenters. The SMILES string of the molecule is O=S(=O)(CCCCC=C(F)F)c1cnns1. The maximum atomic E-state index is 11.6. The van der Waals surface area contributed by atoms with Crippen LogP contribution in [0.25, 0.3) is 0 Å². The maximum Gasteiger partial charge on any atom is 0.266 e. The lowest BCUT2D eigenvalue weighted by molar-refractivity contribution is 0.417. The molecule has 0 saturated carbocycles. The summed E-state index contributed by atoms with van der Waals surface area (Å²) < 4.78 is 50.0. The minimum Gasteiger partial charge on any atom is -0.223 e. The third-order valence-electron chi connectivity index (χ3n) is 1.81. The van der Waals surface area contributed by atoms with Gasteiger partial charge in [0, 0.05) is 11.5 Å². The molecule has 0 amide bonds. The topological polar surface area (TPSA) is 59.9 Å². The van der Waals surface area contributed by atoms with Gasteiger partial charge in [0.05, 0.1) is 11.9 Å². The minimum absolute atomic E-state index is 0.0569. The number of rotatable bonds is 6. The highest BCUT2D eigenvalue weighted by atomic mass is 32.2. The molecule has 4 nitrogen and oxygen atoms in total.